The van der Waals surface area contributed by atoms with Gasteiger partial charge >= 0.3 is 0 Å². The van der Waals surface area contributed by atoms with Crippen molar-refractivity contribution in [3.8, 4) is 0 Å². The maximum absolute atomic E-state index is 5.91. The van der Waals surface area contributed by atoms with Crippen LogP contribution in [0, 0.1) is 11.3 Å². The summed E-state index contributed by atoms with van der Waals surface area (Å²) >= 11 is 0. The van der Waals surface area contributed by atoms with Crippen molar-refractivity contribution in [1.29, 1.82) is 0 Å². The maximum atomic E-state index is 5.91. The minimum atomic E-state index is -0.150. The van der Waals surface area contributed by atoms with Gasteiger partial charge in [0, 0.05) is 17.8 Å². The molecule has 1 saturated carbocycles. The first kappa shape index (κ1) is 11.4. The van der Waals surface area contributed by atoms with Gasteiger partial charge in [0.05, 0.1) is 13.2 Å². The lowest BCUT2D eigenvalue weighted by Gasteiger charge is -2.35. The van der Waals surface area contributed by atoms with E-state index in [0.29, 0.717) is 5.92 Å². The summed E-state index contributed by atoms with van der Waals surface area (Å²) in [6.07, 6.45) is 6.40. The van der Waals surface area contributed by atoms with Crippen molar-refractivity contribution in [2.75, 3.05) is 13.2 Å². The number of hydrogen-bond donors (Lipinski definition) is 0. The molecule has 2 nitrogen and oxygen atoms in total. The van der Waals surface area contributed by atoms with Crippen LogP contribution in [0.4, 0.5) is 0 Å². The van der Waals surface area contributed by atoms with E-state index in [-0.39, 0.29) is 11.2 Å². The Morgan fingerprint density at radius 3 is 2.40 bits per heavy atom. The van der Waals surface area contributed by atoms with Crippen LogP contribution >= 0.6 is 0 Å². The quantitative estimate of drug-likeness (QED) is 0.665. The first-order valence-electron chi connectivity index (χ1n) is 6.36. The number of unbranched alkanes of at least 4 members (excludes halogenated alkanes) is 2. The monoisotopic (exact) mass is 212 g/mol. The van der Waals surface area contributed by atoms with Crippen LogP contribution < -0.4 is 0 Å². The zero-order chi connectivity index (χ0) is 10.9. The highest BCUT2D eigenvalue weighted by atomic mass is 16.7. The SMILES string of the molecule is CCCCCC1CC12OCC(C)(C)CO2. The molecular weight excluding hydrogens is 188 g/mol. The highest BCUT2D eigenvalue weighted by molar-refractivity contribution is 5.00. The fourth-order valence-corrected chi connectivity index (χ4v) is 2.32. The molecule has 1 unspecified atom stereocenters. The molecule has 0 aromatic rings. The van der Waals surface area contributed by atoms with E-state index < -0.39 is 0 Å². The Kier molecular flexibility index (Phi) is 3.09. The molecule has 0 radical (unpaired) electrons. The van der Waals surface area contributed by atoms with Gasteiger partial charge in [-0.1, -0.05) is 40.0 Å². The normalized spacial score (nSPS) is 31.8. The Labute approximate surface area is 93.3 Å². The highest BCUT2D eigenvalue weighted by Gasteiger charge is 2.59. The maximum Gasteiger partial charge on any atom is 0.171 e. The molecule has 1 aliphatic carbocycles. The molecule has 0 bridgehead atoms. The second kappa shape index (κ2) is 4.06. The zero-order valence-corrected chi connectivity index (χ0v) is 10.3. The van der Waals surface area contributed by atoms with Gasteiger partial charge in [0.2, 0.25) is 0 Å². The van der Waals surface area contributed by atoms with Gasteiger partial charge in [0.25, 0.3) is 0 Å². The van der Waals surface area contributed by atoms with Gasteiger partial charge in [0.1, 0.15) is 0 Å². The van der Waals surface area contributed by atoms with Crippen LogP contribution in [0.2, 0.25) is 0 Å². The summed E-state index contributed by atoms with van der Waals surface area (Å²) in [5.41, 5.74) is 0.210. The Morgan fingerprint density at radius 2 is 1.80 bits per heavy atom. The Balaban J connectivity index is 1.72. The second-order valence-electron chi connectivity index (χ2n) is 5.95. The molecule has 0 N–H and O–H groups in total. The van der Waals surface area contributed by atoms with E-state index in [1.54, 1.807) is 0 Å². The van der Waals surface area contributed by atoms with Gasteiger partial charge in [-0.15, -0.1) is 0 Å². The summed E-state index contributed by atoms with van der Waals surface area (Å²) in [5, 5.41) is 0. The van der Waals surface area contributed by atoms with Gasteiger partial charge in [-0.3, -0.25) is 0 Å². The molecule has 88 valence electrons. The fraction of sp³-hybridized carbons (Fsp3) is 1.00. The topological polar surface area (TPSA) is 18.5 Å². The van der Waals surface area contributed by atoms with Crippen LogP contribution in [0.1, 0.15) is 52.9 Å². The van der Waals surface area contributed by atoms with E-state index in [1.165, 1.54) is 25.7 Å². The summed E-state index contributed by atoms with van der Waals surface area (Å²) < 4.78 is 11.8. The number of ether oxygens (including phenoxy) is 2. The third kappa shape index (κ3) is 2.54. The molecule has 2 aliphatic rings. The van der Waals surface area contributed by atoms with Gasteiger partial charge in [-0.25, -0.2) is 0 Å². The average Bonchev–Trinajstić information content (AvgIpc) is 2.87. The molecule has 0 aromatic heterocycles. The zero-order valence-electron chi connectivity index (χ0n) is 10.3. The lowest BCUT2D eigenvalue weighted by atomic mass is 9.95. The number of rotatable bonds is 4. The van der Waals surface area contributed by atoms with Gasteiger partial charge in [-0.05, 0) is 6.42 Å². The van der Waals surface area contributed by atoms with E-state index in [0.717, 1.165) is 19.6 Å². The molecule has 15 heavy (non-hydrogen) atoms. The predicted molar refractivity (Wildman–Crippen MR) is 60.7 cm³/mol. The molecule has 1 atom stereocenters. The van der Waals surface area contributed by atoms with Crippen molar-refractivity contribution in [3.63, 3.8) is 0 Å². The molecule has 1 saturated heterocycles. The second-order valence-corrected chi connectivity index (χ2v) is 5.95. The van der Waals surface area contributed by atoms with E-state index in [9.17, 15) is 0 Å². The van der Waals surface area contributed by atoms with Crippen LogP contribution in [0.5, 0.6) is 0 Å². The Bertz CT molecular complexity index is 213. The molecule has 0 aromatic carbocycles. The standard InChI is InChI=1S/C13H24O2/c1-4-5-6-7-11-8-13(11)14-9-12(2,3)10-15-13/h11H,4-10H2,1-3H3. The Hall–Kier alpha value is -0.0800. The van der Waals surface area contributed by atoms with Crippen molar-refractivity contribution in [2.45, 2.75) is 58.7 Å². The van der Waals surface area contributed by atoms with Crippen molar-refractivity contribution in [2.24, 2.45) is 11.3 Å². The summed E-state index contributed by atoms with van der Waals surface area (Å²) in [7, 11) is 0. The van der Waals surface area contributed by atoms with E-state index in [1.807, 2.05) is 0 Å². The molecule has 2 rings (SSSR count). The smallest absolute Gasteiger partial charge is 0.171 e. The molecule has 2 heteroatoms. The largest absolute Gasteiger partial charge is 0.349 e. The first-order chi connectivity index (χ1) is 7.08. The molecular formula is C13H24O2. The van der Waals surface area contributed by atoms with Crippen LogP contribution in [-0.4, -0.2) is 19.0 Å². The van der Waals surface area contributed by atoms with E-state index in [2.05, 4.69) is 20.8 Å². The van der Waals surface area contributed by atoms with E-state index in [4.69, 9.17) is 9.47 Å². The highest BCUT2D eigenvalue weighted by Crippen LogP contribution is 2.53. The summed E-state index contributed by atoms with van der Waals surface area (Å²) in [4.78, 5) is 0. The fourth-order valence-electron chi connectivity index (χ4n) is 2.32. The summed E-state index contributed by atoms with van der Waals surface area (Å²) in [6, 6.07) is 0. The third-order valence-electron chi connectivity index (χ3n) is 3.56. The molecule has 1 heterocycles. The molecule has 1 spiro atoms. The van der Waals surface area contributed by atoms with Crippen molar-refractivity contribution in [3.05, 3.63) is 0 Å². The minimum Gasteiger partial charge on any atom is -0.349 e. The van der Waals surface area contributed by atoms with E-state index >= 15 is 0 Å². The average molecular weight is 212 g/mol. The van der Waals surface area contributed by atoms with Gasteiger partial charge in [-0.2, -0.15) is 0 Å². The predicted octanol–water partition coefficient (Wildman–Crippen LogP) is 3.36. The Morgan fingerprint density at radius 1 is 1.13 bits per heavy atom. The summed E-state index contributed by atoms with van der Waals surface area (Å²) in [5.74, 6) is 0.531. The third-order valence-corrected chi connectivity index (χ3v) is 3.56. The van der Waals surface area contributed by atoms with Gasteiger partial charge in [0.15, 0.2) is 5.79 Å². The molecule has 2 fully saturated rings. The van der Waals surface area contributed by atoms with Crippen LogP contribution in [0.3, 0.4) is 0 Å². The van der Waals surface area contributed by atoms with Crippen LogP contribution in [0.25, 0.3) is 0 Å². The number of hydrogen-bond acceptors (Lipinski definition) is 2. The molecule has 0 amide bonds. The van der Waals surface area contributed by atoms with Crippen molar-refractivity contribution >= 4 is 0 Å². The summed E-state index contributed by atoms with van der Waals surface area (Å²) in [6.45, 7) is 8.37. The minimum absolute atomic E-state index is 0.150. The lowest BCUT2D eigenvalue weighted by Crippen LogP contribution is -2.40. The van der Waals surface area contributed by atoms with Gasteiger partial charge < -0.3 is 9.47 Å². The van der Waals surface area contributed by atoms with Crippen LogP contribution in [-0.2, 0) is 9.47 Å². The first-order valence-corrected chi connectivity index (χ1v) is 6.36. The lowest BCUT2D eigenvalue weighted by molar-refractivity contribution is -0.250. The van der Waals surface area contributed by atoms with Crippen molar-refractivity contribution in [1.82, 2.24) is 0 Å². The van der Waals surface area contributed by atoms with Crippen molar-refractivity contribution < 1.29 is 9.47 Å². The van der Waals surface area contributed by atoms with Crippen LogP contribution in [0.15, 0.2) is 0 Å². The molecule has 1 aliphatic heterocycles.